The van der Waals surface area contributed by atoms with Gasteiger partial charge in [-0.15, -0.1) is 0 Å². The van der Waals surface area contributed by atoms with E-state index in [4.69, 9.17) is 23.9 Å². The molecule has 0 saturated carbocycles. The van der Waals surface area contributed by atoms with Crippen LogP contribution in [0, 0.1) is 0 Å². The third-order valence-electron chi connectivity index (χ3n) is 14.1. The summed E-state index contributed by atoms with van der Waals surface area (Å²) in [6.07, 6.45) is 2.75. The van der Waals surface area contributed by atoms with Gasteiger partial charge in [-0.2, -0.15) is 0 Å². The van der Waals surface area contributed by atoms with Gasteiger partial charge in [0.25, 0.3) is 0 Å². The number of benzene rings is 6. The summed E-state index contributed by atoms with van der Waals surface area (Å²) in [6, 6.07) is 58.8. The normalized spacial score (nSPS) is 14.0. The first-order valence-corrected chi connectivity index (χ1v) is 24.9. The Morgan fingerprint density at radius 1 is 0.465 bits per heavy atom. The third kappa shape index (κ3) is 9.34. The molecule has 0 aliphatic heterocycles. The van der Waals surface area contributed by atoms with Gasteiger partial charge in [-0.1, -0.05) is 172 Å². The molecule has 9 aromatic rings. The van der Waals surface area contributed by atoms with Crippen LogP contribution in [0.2, 0.25) is 0 Å². The number of methoxy groups -OCH3 is 2. The summed E-state index contributed by atoms with van der Waals surface area (Å²) in [5, 5.41) is 1.08. The van der Waals surface area contributed by atoms with Gasteiger partial charge in [0.2, 0.25) is 0 Å². The summed E-state index contributed by atoms with van der Waals surface area (Å²) in [6.45, 7) is 20.6. The van der Waals surface area contributed by atoms with Crippen LogP contribution in [0.5, 0.6) is 5.75 Å². The van der Waals surface area contributed by atoms with Gasteiger partial charge in [0, 0.05) is 22.9 Å². The van der Waals surface area contributed by atoms with Gasteiger partial charge in [0.1, 0.15) is 22.9 Å². The molecule has 356 valence electrons. The molecule has 0 N–H and O–H groups in total. The summed E-state index contributed by atoms with van der Waals surface area (Å²) in [5.41, 5.74) is 18.8. The summed E-state index contributed by atoms with van der Waals surface area (Å²) in [5.74, 6) is 2.33. The smallest absolute Gasteiger partial charge is 0.134 e. The molecule has 1 unspecified atom stereocenters. The first-order valence-electron chi connectivity index (χ1n) is 24.9. The van der Waals surface area contributed by atoms with E-state index in [9.17, 15) is 0 Å². The van der Waals surface area contributed by atoms with E-state index in [1.807, 2.05) is 12.1 Å². The van der Waals surface area contributed by atoms with E-state index in [0.29, 0.717) is 6.42 Å². The highest BCUT2D eigenvalue weighted by Crippen LogP contribution is 2.47. The van der Waals surface area contributed by atoms with E-state index in [1.54, 1.807) is 14.2 Å². The van der Waals surface area contributed by atoms with Crippen molar-refractivity contribution in [3.8, 4) is 72.9 Å². The molecule has 0 radical (unpaired) electrons. The number of nitrogens with zero attached hydrogens (tertiary/aromatic N) is 2. The SMILES string of the molecule is COC1=Cc2c(oc3ccccc23)CC1c1cc(-c2cc(C(C)(C)C)cc(C(C)(C)C)c2)cc(-c2cccc(-c3cc(-c4c(-c5ccccc5)cc(C(C)(C)C)cc4-c4ccccc4)ccc3OC)n2)n1. The molecular formula is C66H64N2O3. The maximum Gasteiger partial charge on any atom is 0.134 e. The minimum atomic E-state index is -0.193. The van der Waals surface area contributed by atoms with Crippen molar-refractivity contribution in [1.29, 1.82) is 0 Å². The number of hydrogen-bond donors (Lipinski definition) is 0. The lowest BCUT2D eigenvalue weighted by atomic mass is 9.78. The number of para-hydroxylation sites is 1. The highest BCUT2D eigenvalue weighted by Gasteiger charge is 2.31. The summed E-state index contributed by atoms with van der Waals surface area (Å²) in [7, 11) is 3.50. The minimum Gasteiger partial charge on any atom is -0.500 e. The van der Waals surface area contributed by atoms with Gasteiger partial charge < -0.3 is 13.9 Å². The molecule has 0 amide bonds. The van der Waals surface area contributed by atoms with Gasteiger partial charge in [-0.3, -0.25) is 4.98 Å². The predicted octanol–water partition coefficient (Wildman–Crippen LogP) is 17.5. The van der Waals surface area contributed by atoms with E-state index < -0.39 is 0 Å². The van der Waals surface area contributed by atoms with E-state index in [0.717, 1.165) is 95.5 Å². The second-order valence-electron chi connectivity index (χ2n) is 22.2. The highest BCUT2D eigenvalue weighted by molar-refractivity contribution is 5.97. The van der Waals surface area contributed by atoms with Gasteiger partial charge in [-0.05, 0) is 138 Å². The topological polar surface area (TPSA) is 57.4 Å². The Balaban J connectivity index is 1.16. The molecule has 6 aromatic carbocycles. The van der Waals surface area contributed by atoms with E-state index in [-0.39, 0.29) is 22.2 Å². The quantitative estimate of drug-likeness (QED) is 0.144. The molecular weight excluding hydrogens is 869 g/mol. The highest BCUT2D eigenvalue weighted by atomic mass is 16.5. The predicted molar refractivity (Wildman–Crippen MR) is 295 cm³/mol. The van der Waals surface area contributed by atoms with Crippen molar-refractivity contribution >= 4 is 17.0 Å². The number of aromatic nitrogens is 2. The van der Waals surface area contributed by atoms with Crippen LogP contribution in [0.4, 0.5) is 0 Å². The fourth-order valence-electron chi connectivity index (χ4n) is 9.96. The molecule has 1 aliphatic rings. The monoisotopic (exact) mass is 932 g/mol. The number of rotatable bonds is 9. The molecule has 1 atom stereocenters. The van der Waals surface area contributed by atoms with Gasteiger partial charge >= 0.3 is 0 Å². The first kappa shape index (κ1) is 47.2. The second-order valence-corrected chi connectivity index (χ2v) is 22.2. The molecule has 10 rings (SSSR count). The van der Waals surface area contributed by atoms with Crippen LogP contribution in [0.1, 0.15) is 102 Å². The largest absolute Gasteiger partial charge is 0.500 e. The summed E-state index contributed by atoms with van der Waals surface area (Å²) >= 11 is 0. The van der Waals surface area contributed by atoms with Gasteiger partial charge in [-0.25, -0.2) is 4.98 Å². The molecule has 0 spiro atoms. The van der Waals surface area contributed by atoms with Gasteiger partial charge in [0.15, 0.2) is 0 Å². The number of allylic oxidation sites excluding steroid dienone is 1. The van der Waals surface area contributed by atoms with Crippen LogP contribution in [-0.4, -0.2) is 24.2 Å². The van der Waals surface area contributed by atoms with Crippen molar-refractivity contribution in [2.75, 3.05) is 14.2 Å². The number of fused-ring (bicyclic) bond motifs is 3. The Kier molecular flexibility index (Phi) is 12.2. The molecule has 5 nitrogen and oxygen atoms in total. The Morgan fingerprint density at radius 3 is 1.65 bits per heavy atom. The second kappa shape index (κ2) is 18.4. The lowest BCUT2D eigenvalue weighted by Gasteiger charge is -2.27. The van der Waals surface area contributed by atoms with E-state index >= 15 is 0 Å². The Hall–Kier alpha value is -7.50. The first-order chi connectivity index (χ1) is 34.0. The van der Waals surface area contributed by atoms with Crippen molar-refractivity contribution in [3.63, 3.8) is 0 Å². The zero-order chi connectivity index (χ0) is 49.8. The molecule has 3 aromatic heterocycles. The lowest BCUT2D eigenvalue weighted by Crippen LogP contribution is -2.17. The Morgan fingerprint density at radius 2 is 1.04 bits per heavy atom. The zero-order valence-electron chi connectivity index (χ0n) is 43.1. The van der Waals surface area contributed by atoms with Crippen LogP contribution in [0.3, 0.4) is 0 Å². The van der Waals surface area contributed by atoms with Crippen molar-refractivity contribution in [2.45, 2.75) is 90.9 Å². The number of furan rings is 1. The minimum absolute atomic E-state index is 0.0659. The fraction of sp³-hybridized carbons (Fsp3) is 0.242. The lowest BCUT2D eigenvalue weighted by molar-refractivity contribution is 0.261. The average molecular weight is 933 g/mol. The molecule has 1 aliphatic carbocycles. The number of ether oxygens (including phenoxy) is 2. The Labute approximate surface area is 420 Å². The van der Waals surface area contributed by atoms with E-state index in [2.05, 4.69) is 220 Å². The van der Waals surface area contributed by atoms with Crippen LogP contribution in [0.15, 0.2) is 174 Å². The van der Waals surface area contributed by atoms with Crippen LogP contribution in [-0.2, 0) is 27.4 Å². The molecule has 3 heterocycles. The number of pyridine rings is 2. The van der Waals surface area contributed by atoms with Crippen molar-refractivity contribution in [1.82, 2.24) is 9.97 Å². The molecule has 0 fully saturated rings. The fourth-order valence-corrected chi connectivity index (χ4v) is 9.96. The number of hydrogen-bond acceptors (Lipinski definition) is 5. The van der Waals surface area contributed by atoms with Crippen molar-refractivity contribution in [2.24, 2.45) is 0 Å². The Bertz CT molecular complexity index is 3380. The van der Waals surface area contributed by atoms with Crippen molar-refractivity contribution in [3.05, 3.63) is 203 Å². The third-order valence-corrected chi connectivity index (χ3v) is 14.1. The molecule has 71 heavy (non-hydrogen) atoms. The van der Waals surface area contributed by atoms with Crippen LogP contribution in [0.25, 0.3) is 84.2 Å². The van der Waals surface area contributed by atoms with Gasteiger partial charge in [0.05, 0.1) is 42.9 Å². The summed E-state index contributed by atoms with van der Waals surface area (Å²) in [4.78, 5) is 11.0. The zero-order valence-corrected chi connectivity index (χ0v) is 43.1. The average Bonchev–Trinajstić information content (AvgIpc) is 3.74. The molecule has 0 bridgehead atoms. The standard InChI is InChI=1S/C66H64N2O3/c1-64(2,3)46-31-44(32-47(36-46)65(4,5)6)45-34-57(54-40-62-52(39-61(54)70-11)49-25-18-19-28-60(49)71-62)68-58(35-45)56-27-20-26-55(67-56)53-33-43(29-30-59(53)69-10)63-50(41-21-14-12-15-22-41)37-48(66(7,8)9)38-51(63)42-23-16-13-17-24-42/h12-39,54H,40H2,1-11H3. The van der Waals surface area contributed by atoms with Crippen molar-refractivity contribution < 1.29 is 13.9 Å². The maximum atomic E-state index is 6.53. The maximum absolute atomic E-state index is 6.53. The van der Waals surface area contributed by atoms with Crippen LogP contribution >= 0.6 is 0 Å². The van der Waals surface area contributed by atoms with E-state index in [1.165, 1.54) is 27.8 Å². The molecule has 5 heteroatoms. The molecule has 0 saturated heterocycles. The summed E-state index contributed by atoms with van der Waals surface area (Å²) < 4.78 is 19.0. The van der Waals surface area contributed by atoms with Crippen LogP contribution < -0.4 is 4.74 Å².